The number of ether oxygens (including phenoxy) is 4. The Balaban J connectivity index is 2.09. The fourth-order valence-electron chi connectivity index (χ4n) is 3.10. The first-order chi connectivity index (χ1) is 15.3. The van der Waals surface area contributed by atoms with E-state index in [0.29, 0.717) is 22.8 Å². The van der Waals surface area contributed by atoms with E-state index in [9.17, 15) is 14.7 Å². The second kappa shape index (κ2) is 10.5. The third-order valence-corrected chi connectivity index (χ3v) is 4.77. The van der Waals surface area contributed by atoms with Crippen molar-refractivity contribution in [2.45, 2.75) is 58.3 Å². The van der Waals surface area contributed by atoms with E-state index in [2.05, 4.69) is 5.32 Å². The molecule has 8 nitrogen and oxygen atoms in total. The van der Waals surface area contributed by atoms with Gasteiger partial charge in [-0.3, -0.25) is 0 Å². The van der Waals surface area contributed by atoms with Gasteiger partial charge in [0.15, 0.2) is 0 Å². The Morgan fingerprint density at radius 1 is 0.909 bits per heavy atom. The number of aliphatic carboxylic acids is 1. The molecule has 180 valence electrons. The second-order valence-electron chi connectivity index (χ2n) is 9.10. The number of carboxylic acids is 1. The molecule has 2 N–H and O–H groups in total. The first-order valence-electron chi connectivity index (χ1n) is 10.6. The summed E-state index contributed by atoms with van der Waals surface area (Å²) < 4.78 is 21.9. The van der Waals surface area contributed by atoms with Crippen LogP contribution in [0.4, 0.5) is 4.79 Å². The van der Waals surface area contributed by atoms with Crippen LogP contribution in [0, 0.1) is 0 Å². The molecule has 33 heavy (non-hydrogen) atoms. The highest BCUT2D eigenvalue weighted by atomic mass is 16.6. The summed E-state index contributed by atoms with van der Waals surface area (Å²) >= 11 is 0. The lowest BCUT2D eigenvalue weighted by atomic mass is 9.97. The molecular weight excluding hydrogens is 426 g/mol. The Kier molecular flexibility index (Phi) is 8.19. The Labute approximate surface area is 194 Å². The molecule has 0 aliphatic heterocycles. The van der Waals surface area contributed by atoms with E-state index in [-0.39, 0.29) is 12.0 Å². The van der Waals surface area contributed by atoms with Crippen LogP contribution in [0.2, 0.25) is 0 Å². The van der Waals surface area contributed by atoms with Gasteiger partial charge in [-0.25, -0.2) is 9.59 Å². The highest BCUT2D eigenvalue weighted by Gasteiger charge is 2.29. The molecule has 0 unspecified atom stereocenters. The van der Waals surface area contributed by atoms with Gasteiger partial charge in [0, 0.05) is 18.1 Å². The molecule has 0 radical (unpaired) electrons. The van der Waals surface area contributed by atoms with Crippen molar-refractivity contribution in [3.05, 3.63) is 53.6 Å². The van der Waals surface area contributed by atoms with Crippen molar-refractivity contribution in [3.63, 3.8) is 0 Å². The molecule has 1 atom stereocenters. The number of carbonyl (C=O) groups is 2. The molecule has 0 aromatic heterocycles. The molecule has 1 amide bonds. The summed E-state index contributed by atoms with van der Waals surface area (Å²) in [6.07, 6.45) is -0.755. The van der Waals surface area contributed by atoms with Crippen molar-refractivity contribution >= 4 is 12.1 Å². The Morgan fingerprint density at radius 2 is 1.45 bits per heavy atom. The zero-order chi connectivity index (χ0) is 24.8. The van der Waals surface area contributed by atoms with Gasteiger partial charge in [0.1, 0.15) is 34.5 Å². The van der Waals surface area contributed by atoms with Crippen molar-refractivity contribution in [2.24, 2.45) is 0 Å². The van der Waals surface area contributed by atoms with Crippen LogP contribution >= 0.6 is 0 Å². The van der Waals surface area contributed by atoms with E-state index in [1.807, 2.05) is 20.8 Å². The summed E-state index contributed by atoms with van der Waals surface area (Å²) in [4.78, 5) is 24.3. The van der Waals surface area contributed by atoms with E-state index in [4.69, 9.17) is 18.9 Å². The smallest absolute Gasteiger partial charge is 0.408 e. The summed E-state index contributed by atoms with van der Waals surface area (Å²) in [5.41, 5.74) is -0.0346. The molecule has 8 heteroatoms. The number of amides is 1. The standard InChI is InChI=1S/C25H33NO7/c1-24(2,3)32-18-10-8-16(9-11-18)12-21(22(27)28)26-23(29)33-25(4,5)17-13-19(30-6)15-20(14-17)31-7/h8-11,13-15,21H,12H2,1-7H3,(H,26,29)(H,27,28)/t21-/m0/s1. The fourth-order valence-corrected chi connectivity index (χ4v) is 3.10. The van der Waals surface area contributed by atoms with Crippen LogP contribution in [0.15, 0.2) is 42.5 Å². The molecule has 2 rings (SSSR count). The number of hydrogen-bond acceptors (Lipinski definition) is 6. The number of carboxylic acid groups (broad SMARTS) is 1. The van der Waals surface area contributed by atoms with Crippen molar-refractivity contribution in [1.82, 2.24) is 5.32 Å². The number of carbonyl (C=O) groups excluding carboxylic acids is 1. The number of alkyl carbamates (subject to hydrolysis) is 1. The Morgan fingerprint density at radius 3 is 1.91 bits per heavy atom. The minimum absolute atomic E-state index is 0.0909. The molecule has 0 fully saturated rings. The minimum atomic E-state index is -1.16. The fraction of sp³-hybridized carbons (Fsp3) is 0.440. The van der Waals surface area contributed by atoms with Crippen LogP contribution in [0.3, 0.4) is 0 Å². The third kappa shape index (κ3) is 7.89. The topological polar surface area (TPSA) is 103 Å². The molecular formula is C25H33NO7. The number of benzene rings is 2. The molecule has 0 saturated heterocycles. The molecule has 0 saturated carbocycles. The third-order valence-electron chi connectivity index (χ3n) is 4.77. The average Bonchev–Trinajstić information content (AvgIpc) is 2.72. The number of hydrogen-bond donors (Lipinski definition) is 2. The molecule has 0 bridgehead atoms. The van der Waals surface area contributed by atoms with E-state index < -0.39 is 23.7 Å². The van der Waals surface area contributed by atoms with Gasteiger partial charge in [0.2, 0.25) is 0 Å². The zero-order valence-corrected chi connectivity index (χ0v) is 20.2. The Bertz CT molecular complexity index is 939. The highest BCUT2D eigenvalue weighted by molar-refractivity contribution is 5.80. The second-order valence-corrected chi connectivity index (χ2v) is 9.10. The van der Waals surface area contributed by atoms with E-state index in [1.165, 1.54) is 14.2 Å². The van der Waals surface area contributed by atoms with Gasteiger partial charge in [0.25, 0.3) is 0 Å². The van der Waals surface area contributed by atoms with Crippen molar-refractivity contribution < 1.29 is 33.6 Å². The maximum Gasteiger partial charge on any atom is 0.408 e. The van der Waals surface area contributed by atoms with Crippen molar-refractivity contribution in [2.75, 3.05) is 14.2 Å². The van der Waals surface area contributed by atoms with Gasteiger partial charge < -0.3 is 29.4 Å². The average molecular weight is 460 g/mol. The molecule has 2 aromatic carbocycles. The monoisotopic (exact) mass is 459 g/mol. The highest BCUT2D eigenvalue weighted by Crippen LogP contribution is 2.32. The minimum Gasteiger partial charge on any atom is -0.497 e. The number of methoxy groups -OCH3 is 2. The summed E-state index contributed by atoms with van der Waals surface area (Å²) in [5, 5.41) is 12.1. The number of nitrogens with one attached hydrogen (secondary N) is 1. The van der Waals surface area contributed by atoms with Gasteiger partial charge in [-0.1, -0.05) is 12.1 Å². The first kappa shape index (κ1) is 25.8. The van der Waals surface area contributed by atoms with Crippen LogP contribution in [0.25, 0.3) is 0 Å². The predicted octanol–water partition coefficient (Wildman–Crippen LogP) is 4.54. The van der Waals surface area contributed by atoms with Crippen LogP contribution in [0.5, 0.6) is 17.2 Å². The van der Waals surface area contributed by atoms with Crippen LogP contribution in [-0.4, -0.2) is 43.0 Å². The maximum atomic E-state index is 12.6. The lowest BCUT2D eigenvalue weighted by molar-refractivity contribution is -0.139. The van der Waals surface area contributed by atoms with Crippen LogP contribution in [0.1, 0.15) is 45.7 Å². The number of rotatable bonds is 9. The van der Waals surface area contributed by atoms with Crippen molar-refractivity contribution in [3.8, 4) is 17.2 Å². The SMILES string of the molecule is COc1cc(OC)cc(C(C)(C)OC(=O)N[C@@H](Cc2ccc(OC(C)(C)C)cc2)C(=O)O)c1. The van der Waals surface area contributed by atoms with Gasteiger partial charge in [-0.15, -0.1) is 0 Å². The van der Waals surface area contributed by atoms with E-state index in [1.54, 1.807) is 56.3 Å². The normalized spacial score (nSPS) is 12.5. The lowest BCUT2D eigenvalue weighted by Crippen LogP contribution is -2.44. The summed E-state index contributed by atoms with van der Waals surface area (Å²) in [6, 6.07) is 11.1. The summed E-state index contributed by atoms with van der Waals surface area (Å²) in [5.74, 6) is 0.608. The summed E-state index contributed by atoms with van der Waals surface area (Å²) in [7, 11) is 3.05. The largest absolute Gasteiger partial charge is 0.497 e. The van der Waals surface area contributed by atoms with Gasteiger partial charge in [0.05, 0.1) is 14.2 Å². The summed E-state index contributed by atoms with van der Waals surface area (Å²) in [6.45, 7) is 9.23. The molecule has 0 spiro atoms. The molecule has 0 aliphatic rings. The van der Waals surface area contributed by atoms with E-state index >= 15 is 0 Å². The predicted molar refractivity (Wildman–Crippen MR) is 124 cm³/mol. The quantitative estimate of drug-likeness (QED) is 0.567. The van der Waals surface area contributed by atoms with Crippen LogP contribution in [-0.2, 0) is 21.6 Å². The molecule has 0 heterocycles. The molecule has 0 aliphatic carbocycles. The Hall–Kier alpha value is -3.42. The first-order valence-corrected chi connectivity index (χ1v) is 10.6. The van der Waals surface area contributed by atoms with Gasteiger partial charge in [-0.05, 0) is 64.4 Å². The van der Waals surface area contributed by atoms with Crippen molar-refractivity contribution in [1.29, 1.82) is 0 Å². The van der Waals surface area contributed by atoms with Gasteiger partial charge >= 0.3 is 12.1 Å². The zero-order valence-electron chi connectivity index (χ0n) is 20.2. The molecule has 2 aromatic rings. The van der Waals surface area contributed by atoms with E-state index in [0.717, 1.165) is 5.56 Å². The van der Waals surface area contributed by atoms with Gasteiger partial charge in [-0.2, -0.15) is 0 Å². The maximum absolute atomic E-state index is 12.6. The van der Waals surface area contributed by atoms with Crippen LogP contribution < -0.4 is 19.5 Å². The lowest BCUT2D eigenvalue weighted by Gasteiger charge is -2.27.